The van der Waals surface area contributed by atoms with Crippen molar-refractivity contribution in [1.29, 1.82) is 0 Å². The van der Waals surface area contributed by atoms with Gasteiger partial charge >= 0.3 is 0 Å². The summed E-state index contributed by atoms with van der Waals surface area (Å²) in [6.07, 6.45) is 0. The summed E-state index contributed by atoms with van der Waals surface area (Å²) in [6.45, 7) is 9.75. The van der Waals surface area contributed by atoms with E-state index in [9.17, 15) is 8.42 Å². The maximum absolute atomic E-state index is 12.2. The Kier molecular flexibility index (Phi) is 8.02. The van der Waals surface area contributed by atoms with Crippen molar-refractivity contribution in [3.63, 3.8) is 0 Å². The number of sulfonamides is 1. The summed E-state index contributed by atoms with van der Waals surface area (Å²) in [5, 5.41) is 2.65. The molecule has 18 heavy (non-hydrogen) atoms. The van der Waals surface area contributed by atoms with Crippen LogP contribution in [0.1, 0.15) is 27.7 Å². The van der Waals surface area contributed by atoms with Gasteiger partial charge in [-0.05, 0) is 33.5 Å². The quantitative estimate of drug-likeness (QED) is 0.645. The molecule has 6 heteroatoms. The van der Waals surface area contributed by atoms with Crippen molar-refractivity contribution in [2.45, 2.75) is 39.0 Å². The zero-order valence-electron chi connectivity index (χ0n) is 12.5. The van der Waals surface area contributed by atoms with Gasteiger partial charge in [-0.1, -0.05) is 20.8 Å². The van der Waals surface area contributed by atoms with Gasteiger partial charge in [-0.3, -0.25) is 0 Å². The van der Waals surface area contributed by atoms with Crippen molar-refractivity contribution < 1.29 is 8.42 Å². The highest BCUT2D eigenvalue weighted by Crippen LogP contribution is 2.07. The fourth-order valence-corrected chi connectivity index (χ4v) is 2.90. The smallest absolute Gasteiger partial charge is 0.215 e. The summed E-state index contributed by atoms with van der Waals surface area (Å²) in [4.78, 5) is 2.00. The molecule has 110 valence electrons. The van der Waals surface area contributed by atoms with Gasteiger partial charge in [0.1, 0.15) is 0 Å². The molecule has 2 unspecified atom stereocenters. The van der Waals surface area contributed by atoms with E-state index in [0.717, 1.165) is 6.54 Å². The molecule has 0 saturated heterocycles. The van der Waals surface area contributed by atoms with E-state index >= 15 is 0 Å². The van der Waals surface area contributed by atoms with Crippen molar-refractivity contribution in [3.05, 3.63) is 0 Å². The lowest BCUT2D eigenvalue weighted by atomic mass is 10.1. The molecule has 5 nitrogen and oxygen atoms in total. The van der Waals surface area contributed by atoms with E-state index in [-0.39, 0.29) is 12.0 Å². The first-order valence-electron chi connectivity index (χ1n) is 6.57. The van der Waals surface area contributed by atoms with Crippen LogP contribution in [0.25, 0.3) is 0 Å². The molecular formula is C12H29N3O2S. The van der Waals surface area contributed by atoms with Crippen LogP contribution in [0.2, 0.25) is 0 Å². The summed E-state index contributed by atoms with van der Waals surface area (Å²) in [7, 11) is 0.639. The standard InChI is InChI=1S/C12H29N3O2S/c1-7-13-8-11(4)18(16,17)14-12(10(2)3)9-15(5)6/h10-14H,7-9H2,1-6H3. The number of hydrogen-bond acceptors (Lipinski definition) is 4. The third-order valence-corrected chi connectivity index (χ3v) is 4.75. The summed E-state index contributed by atoms with van der Waals surface area (Å²) >= 11 is 0. The Morgan fingerprint density at radius 2 is 1.72 bits per heavy atom. The first-order chi connectivity index (χ1) is 8.20. The van der Waals surface area contributed by atoms with Crippen LogP contribution in [0.5, 0.6) is 0 Å². The summed E-state index contributed by atoms with van der Waals surface area (Å²) in [6, 6.07) is -0.0472. The van der Waals surface area contributed by atoms with Gasteiger partial charge in [0.15, 0.2) is 0 Å². The molecule has 0 aromatic carbocycles. The zero-order chi connectivity index (χ0) is 14.3. The lowest BCUT2D eigenvalue weighted by Crippen LogP contribution is -2.49. The Morgan fingerprint density at radius 1 is 1.17 bits per heavy atom. The molecule has 0 saturated carbocycles. The molecule has 0 fully saturated rings. The molecule has 0 aromatic rings. The minimum absolute atomic E-state index is 0.0472. The largest absolute Gasteiger partial charge is 0.316 e. The number of likely N-dealkylation sites (N-methyl/N-ethyl adjacent to an activating group) is 1. The lowest BCUT2D eigenvalue weighted by molar-refractivity contribution is 0.313. The molecule has 0 aliphatic rings. The maximum atomic E-state index is 12.2. The molecule has 0 heterocycles. The highest BCUT2D eigenvalue weighted by molar-refractivity contribution is 7.90. The number of rotatable bonds is 9. The highest BCUT2D eigenvalue weighted by atomic mass is 32.2. The first-order valence-corrected chi connectivity index (χ1v) is 8.11. The fraction of sp³-hybridized carbons (Fsp3) is 1.00. The van der Waals surface area contributed by atoms with E-state index in [1.165, 1.54) is 0 Å². The molecule has 0 rings (SSSR count). The molecule has 0 amide bonds. The van der Waals surface area contributed by atoms with Gasteiger partial charge in [-0.25, -0.2) is 13.1 Å². The second kappa shape index (κ2) is 8.09. The van der Waals surface area contributed by atoms with Gasteiger partial charge in [0.2, 0.25) is 10.0 Å². The van der Waals surface area contributed by atoms with E-state index in [0.29, 0.717) is 13.1 Å². The predicted molar refractivity (Wildman–Crippen MR) is 77.2 cm³/mol. The third kappa shape index (κ3) is 6.68. The zero-order valence-corrected chi connectivity index (χ0v) is 13.3. The topological polar surface area (TPSA) is 61.4 Å². The Labute approximate surface area is 112 Å². The van der Waals surface area contributed by atoms with Crippen LogP contribution in [0.15, 0.2) is 0 Å². The van der Waals surface area contributed by atoms with Gasteiger partial charge in [-0.2, -0.15) is 0 Å². The Hall–Kier alpha value is -0.170. The normalized spacial score (nSPS) is 16.2. The lowest BCUT2D eigenvalue weighted by Gasteiger charge is -2.27. The van der Waals surface area contributed by atoms with Crippen LogP contribution in [0.3, 0.4) is 0 Å². The average molecular weight is 279 g/mol. The fourth-order valence-electron chi connectivity index (χ4n) is 1.56. The molecule has 2 atom stereocenters. The second-order valence-corrected chi connectivity index (χ2v) is 7.52. The van der Waals surface area contributed by atoms with E-state index in [4.69, 9.17) is 0 Å². The minimum Gasteiger partial charge on any atom is -0.316 e. The number of hydrogen-bond donors (Lipinski definition) is 2. The SMILES string of the molecule is CCNCC(C)S(=O)(=O)NC(CN(C)C)C(C)C. The van der Waals surface area contributed by atoms with Crippen LogP contribution >= 0.6 is 0 Å². The summed E-state index contributed by atoms with van der Waals surface area (Å²) < 4.78 is 27.1. The van der Waals surface area contributed by atoms with Crippen molar-refractivity contribution in [1.82, 2.24) is 14.9 Å². The van der Waals surface area contributed by atoms with Gasteiger partial charge in [0.25, 0.3) is 0 Å². The van der Waals surface area contributed by atoms with Crippen molar-refractivity contribution in [3.8, 4) is 0 Å². The van der Waals surface area contributed by atoms with Crippen LogP contribution in [-0.2, 0) is 10.0 Å². The Bertz CT molecular complexity index is 315. The molecule has 0 aliphatic heterocycles. The van der Waals surface area contributed by atoms with E-state index in [2.05, 4.69) is 10.0 Å². The summed E-state index contributed by atoms with van der Waals surface area (Å²) in [5.41, 5.74) is 0. The Morgan fingerprint density at radius 3 is 2.11 bits per heavy atom. The minimum atomic E-state index is -3.26. The first kappa shape index (κ1) is 17.8. The molecule has 0 aliphatic carbocycles. The van der Waals surface area contributed by atoms with Crippen molar-refractivity contribution in [2.24, 2.45) is 5.92 Å². The number of nitrogens with one attached hydrogen (secondary N) is 2. The maximum Gasteiger partial charge on any atom is 0.215 e. The highest BCUT2D eigenvalue weighted by Gasteiger charge is 2.26. The van der Waals surface area contributed by atoms with Gasteiger partial charge in [0.05, 0.1) is 5.25 Å². The molecule has 0 aromatic heterocycles. The van der Waals surface area contributed by atoms with E-state index < -0.39 is 15.3 Å². The monoisotopic (exact) mass is 279 g/mol. The van der Waals surface area contributed by atoms with Crippen molar-refractivity contribution >= 4 is 10.0 Å². The van der Waals surface area contributed by atoms with Gasteiger partial charge in [0, 0.05) is 19.1 Å². The number of nitrogens with zero attached hydrogens (tertiary/aromatic N) is 1. The summed E-state index contributed by atoms with van der Waals surface area (Å²) in [5.74, 6) is 0.272. The Balaban J connectivity index is 4.59. The van der Waals surface area contributed by atoms with Crippen LogP contribution < -0.4 is 10.0 Å². The van der Waals surface area contributed by atoms with Gasteiger partial charge < -0.3 is 10.2 Å². The van der Waals surface area contributed by atoms with Gasteiger partial charge in [-0.15, -0.1) is 0 Å². The van der Waals surface area contributed by atoms with E-state index in [1.807, 2.05) is 39.8 Å². The molecular weight excluding hydrogens is 250 g/mol. The molecule has 0 spiro atoms. The average Bonchev–Trinajstić information content (AvgIpc) is 2.23. The van der Waals surface area contributed by atoms with Crippen LogP contribution in [0.4, 0.5) is 0 Å². The predicted octanol–water partition coefficient (Wildman–Crippen LogP) is 0.490. The second-order valence-electron chi connectivity index (χ2n) is 5.39. The van der Waals surface area contributed by atoms with Crippen LogP contribution in [0, 0.1) is 5.92 Å². The molecule has 2 N–H and O–H groups in total. The third-order valence-electron chi connectivity index (χ3n) is 2.89. The molecule has 0 bridgehead atoms. The van der Waals surface area contributed by atoms with Crippen LogP contribution in [-0.4, -0.2) is 58.3 Å². The molecule has 0 radical (unpaired) electrons. The van der Waals surface area contributed by atoms with Crippen molar-refractivity contribution in [2.75, 3.05) is 33.7 Å². The van der Waals surface area contributed by atoms with E-state index in [1.54, 1.807) is 6.92 Å².